The van der Waals surface area contributed by atoms with E-state index in [9.17, 15) is 9.59 Å². The molecular weight excluding hydrogens is 264 g/mol. The van der Waals surface area contributed by atoms with E-state index in [1.54, 1.807) is 0 Å². The van der Waals surface area contributed by atoms with E-state index in [0.29, 0.717) is 25.7 Å². The van der Waals surface area contributed by atoms with E-state index < -0.39 is 17.7 Å². The third kappa shape index (κ3) is 1.80. The molecule has 0 aromatic carbocycles. The molecule has 5 nitrogen and oxygen atoms in total. The number of imide groups is 1. The minimum Gasteiger partial charge on any atom is -0.391 e. The highest BCUT2D eigenvalue weighted by atomic mass is 32.1. The molecule has 3 rings (SSSR count). The normalized spacial score (nSPS) is 33.6. The molecule has 1 aliphatic carbocycles. The van der Waals surface area contributed by atoms with Crippen LogP contribution in [0, 0.1) is 0 Å². The second-order valence-corrected chi connectivity index (χ2v) is 6.10. The van der Waals surface area contributed by atoms with Crippen LogP contribution in [0.25, 0.3) is 0 Å². The summed E-state index contributed by atoms with van der Waals surface area (Å²) >= 11 is 5.20. The molecule has 104 valence electrons. The van der Waals surface area contributed by atoms with Gasteiger partial charge in [0.2, 0.25) is 0 Å². The average molecular weight is 282 g/mol. The van der Waals surface area contributed by atoms with Gasteiger partial charge in [-0.05, 0) is 25.7 Å². The van der Waals surface area contributed by atoms with Gasteiger partial charge in [0.05, 0.1) is 4.99 Å². The van der Waals surface area contributed by atoms with Gasteiger partial charge < -0.3 is 10.5 Å². The van der Waals surface area contributed by atoms with Crippen LogP contribution in [-0.4, -0.2) is 39.4 Å². The maximum atomic E-state index is 12.5. The number of carbonyl (C=O) groups is 2. The Bertz CT molecular complexity index is 423. The molecule has 2 saturated heterocycles. The lowest BCUT2D eigenvalue weighted by molar-refractivity contribution is -0.174. The fourth-order valence-corrected chi connectivity index (χ4v) is 3.83. The summed E-state index contributed by atoms with van der Waals surface area (Å²) in [5.41, 5.74) is 5.17. The molecule has 2 heterocycles. The lowest BCUT2D eigenvalue weighted by atomic mass is 9.79. The van der Waals surface area contributed by atoms with Gasteiger partial charge in [-0.1, -0.05) is 31.5 Å². The van der Waals surface area contributed by atoms with Gasteiger partial charge in [0, 0.05) is 0 Å². The number of ether oxygens (including phenoxy) is 1. The van der Waals surface area contributed by atoms with Crippen LogP contribution < -0.4 is 5.73 Å². The minimum absolute atomic E-state index is 0.242. The molecule has 3 aliphatic rings. The van der Waals surface area contributed by atoms with E-state index in [0.717, 1.165) is 19.3 Å². The van der Waals surface area contributed by atoms with Crippen molar-refractivity contribution in [2.75, 3.05) is 0 Å². The number of amides is 2. The number of likely N-dealkylation sites (tertiary alicyclic amines) is 1. The lowest BCUT2D eigenvalue weighted by Gasteiger charge is -2.47. The smallest absolute Gasteiger partial charge is 0.259 e. The van der Waals surface area contributed by atoms with E-state index >= 15 is 0 Å². The first kappa shape index (κ1) is 13.0. The summed E-state index contributed by atoms with van der Waals surface area (Å²) in [7, 11) is 0. The number of rotatable bonds is 2. The first-order valence-corrected chi connectivity index (χ1v) is 7.30. The number of fused-ring (bicyclic) bond motifs is 2. The minimum atomic E-state index is -0.744. The number of nitrogens with two attached hydrogens (primary N) is 1. The largest absolute Gasteiger partial charge is 0.391 e. The number of nitrogens with zero attached hydrogens (tertiary/aromatic N) is 1. The zero-order chi connectivity index (χ0) is 13.6. The van der Waals surface area contributed by atoms with Gasteiger partial charge in [0.15, 0.2) is 0 Å². The Morgan fingerprint density at radius 1 is 1.16 bits per heavy atom. The van der Waals surface area contributed by atoms with Gasteiger partial charge in [0.25, 0.3) is 11.8 Å². The molecule has 0 spiro atoms. The van der Waals surface area contributed by atoms with Crippen molar-refractivity contribution in [3.63, 3.8) is 0 Å². The van der Waals surface area contributed by atoms with Crippen molar-refractivity contribution in [2.24, 2.45) is 5.73 Å². The third-order valence-corrected chi connectivity index (χ3v) is 4.96. The number of thiocarbonyl (C=S) groups is 1. The number of carbonyl (C=O) groups excluding carboxylic acids is 2. The molecule has 2 N–H and O–H groups in total. The van der Waals surface area contributed by atoms with Gasteiger partial charge in [0.1, 0.15) is 17.7 Å². The predicted molar refractivity (Wildman–Crippen MR) is 72.3 cm³/mol. The van der Waals surface area contributed by atoms with Crippen LogP contribution in [0.1, 0.15) is 44.9 Å². The van der Waals surface area contributed by atoms with Crippen LogP contribution in [0.15, 0.2) is 0 Å². The first-order chi connectivity index (χ1) is 9.06. The van der Waals surface area contributed by atoms with Crippen molar-refractivity contribution in [2.45, 2.75) is 62.7 Å². The zero-order valence-corrected chi connectivity index (χ0v) is 11.6. The van der Waals surface area contributed by atoms with Crippen molar-refractivity contribution in [3.05, 3.63) is 0 Å². The maximum Gasteiger partial charge on any atom is 0.259 e. The van der Waals surface area contributed by atoms with E-state index in [2.05, 4.69) is 0 Å². The summed E-state index contributed by atoms with van der Waals surface area (Å²) in [5, 5.41) is 0. The Morgan fingerprint density at radius 3 is 2.16 bits per heavy atom. The Labute approximate surface area is 117 Å². The fourth-order valence-electron chi connectivity index (χ4n) is 3.54. The Balaban J connectivity index is 1.99. The summed E-state index contributed by atoms with van der Waals surface area (Å²) in [6, 6.07) is 0. The highest BCUT2D eigenvalue weighted by Gasteiger charge is 2.55. The fraction of sp³-hybridized carbons (Fsp3) is 0.769. The second kappa shape index (κ2) is 4.52. The summed E-state index contributed by atoms with van der Waals surface area (Å²) in [6.07, 6.45) is 4.68. The highest BCUT2D eigenvalue weighted by Crippen LogP contribution is 2.40. The molecule has 2 aliphatic heterocycles. The van der Waals surface area contributed by atoms with Gasteiger partial charge in [-0.15, -0.1) is 0 Å². The third-order valence-electron chi connectivity index (χ3n) is 4.58. The van der Waals surface area contributed by atoms with Crippen LogP contribution in [-0.2, 0) is 14.3 Å². The molecule has 0 aromatic heterocycles. The van der Waals surface area contributed by atoms with Crippen molar-refractivity contribution >= 4 is 29.0 Å². The summed E-state index contributed by atoms with van der Waals surface area (Å²) in [6.45, 7) is 0. The topological polar surface area (TPSA) is 72.6 Å². The molecular formula is C13H18N2O3S. The lowest BCUT2D eigenvalue weighted by Crippen LogP contribution is -2.67. The van der Waals surface area contributed by atoms with Crippen LogP contribution in [0.5, 0.6) is 0 Å². The van der Waals surface area contributed by atoms with Crippen molar-refractivity contribution in [1.29, 1.82) is 0 Å². The second-order valence-electron chi connectivity index (χ2n) is 5.66. The molecule has 0 aromatic rings. The Morgan fingerprint density at radius 2 is 1.68 bits per heavy atom. The first-order valence-electron chi connectivity index (χ1n) is 6.89. The molecule has 1 saturated carbocycles. The molecule has 2 bridgehead atoms. The summed E-state index contributed by atoms with van der Waals surface area (Å²) in [4.78, 5) is 26.6. The molecule has 6 heteroatoms. The Hall–Kier alpha value is -1.01. The molecule has 0 radical (unpaired) electrons. The van der Waals surface area contributed by atoms with Gasteiger partial charge in [-0.2, -0.15) is 0 Å². The SMILES string of the molecule is NC(=S)C1(N2C(=O)C3CCC(O3)C2=O)CCCCC1. The van der Waals surface area contributed by atoms with E-state index in [-0.39, 0.29) is 16.8 Å². The highest BCUT2D eigenvalue weighted by molar-refractivity contribution is 7.80. The van der Waals surface area contributed by atoms with Crippen molar-refractivity contribution < 1.29 is 14.3 Å². The van der Waals surface area contributed by atoms with Crippen LogP contribution in [0.3, 0.4) is 0 Å². The van der Waals surface area contributed by atoms with E-state index in [1.165, 1.54) is 4.90 Å². The summed E-state index contributed by atoms with van der Waals surface area (Å²) < 4.78 is 5.44. The Kier molecular flexibility index (Phi) is 3.09. The number of hydrogen-bond donors (Lipinski definition) is 1. The maximum absolute atomic E-state index is 12.5. The van der Waals surface area contributed by atoms with Gasteiger partial charge >= 0.3 is 0 Å². The predicted octanol–water partition coefficient (Wildman–Crippen LogP) is 0.892. The standard InChI is InChI=1S/C13H18N2O3S/c14-12(19)13(6-2-1-3-7-13)15-10(16)8-4-5-9(18-8)11(15)17/h8-9H,1-7H2,(H2,14,19). The van der Waals surface area contributed by atoms with Crippen molar-refractivity contribution in [1.82, 2.24) is 4.90 Å². The molecule has 2 unspecified atom stereocenters. The van der Waals surface area contributed by atoms with E-state index in [1.807, 2.05) is 0 Å². The zero-order valence-electron chi connectivity index (χ0n) is 10.8. The monoisotopic (exact) mass is 282 g/mol. The van der Waals surface area contributed by atoms with Crippen LogP contribution in [0.2, 0.25) is 0 Å². The molecule has 19 heavy (non-hydrogen) atoms. The van der Waals surface area contributed by atoms with Gasteiger partial charge in [-0.25, -0.2) is 0 Å². The van der Waals surface area contributed by atoms with Crippen molar-refractivity contribution in [3.8, 4) is 0 Å². The summed E-state index contributed by atoms with van der Waals surface area (Å²) in [5.74, 6) is -0.484. The van der Waals surface area contributed by atoms with Gasteiger partial charge in [-0.3, -0.25) is 14.5 Å². The number of morpholine rings is 1. The quantitative estimate of drug-likeness (QED) is 0.601. The molecule has 3 fully saturated rings. The van der Waals surface area contributed by atoms with Crippen LogP contribution in [0.4, 0.5) is 0 Å². The number of hydrogen-bond acceptors (Lipinski definition) is 4. The van der Waals surface area contributed by atoms with E-state index in [4.69, 9.17) is 22.7 Å². The van der Waals surface area contributed by atoms with Crippen LogP contribution >= 0.6 is 12.2 Å². The molecule has 2 amide bonds. The average Bonchev–Trinajstić information content (AvgIpc) is 2.84. The molecule has 2 atom stereocenters.